The number of furan rings is 1. The lowest BCUT2D eigenvalue weighted by Crippen LogP contribution is -2.54. The summed E-state index contributed by atoms with van der Waals surface area (Å²) in [7, 11) is 0. The van der Waals surface area contributed by atoms with E-state index in [0.717, 1.165) is 18.7 Å². The van der Waals surface area contributed by atoms with Crippen LogP contribution in [-0.2, 0) is 16.0 Å². The average Bonchev–Trinajstić information content (AvgIpc) is 2.83. The third kappa shape index (κ3) is 2.76. The van der Waals surface area contributed by atoms with Gasteiger partial charge in [-0.15, -0.1) is 0 Å². The lowest BCUT2D eigenvalue weighted by molar-refractivity contribution is -0.131. The molecule has 2 heterocycles. The summed E-state index contributed by atoms with van der Waals surface area (Å²) in [4.78, 5) is 14.5. The van der Waals surface area contributed by atoms with Gasteiger partial charge in [-0.2, -0.15) is 0 Å². The number of morpholine rings is 1. The Morgan fingerprint density at radius 1 is 1.41 bits per heavy atom. The molecule has 2 rings (SSSR count). The van der Waals surface area contributed by atoms with Crippen LogP contribution in [0.25, 0.3) is 0 Å². The van der Waals surface area contributed by atoms with Gasteiger partial charge in [-0.05, 0) is 25.5 Å². The number of ketones is 1. The van der Waals surface area contributed by atoms with Crippen molar-refractivity contribution in [2.75, 3.05) is 26.3 Å². The highest BCUT2D eigenvalue weighted by Crippen LogP contribution is 2.19. The van der Waals surface area contributed by atoms with Crippen LogP contribution in [0.15, 0.2) is 23.0 Å². The van der Waals surface area contributed by atoms with Crippen LogP contribution in [0.5, 0.6) is 0 Å². The Bertz CT molecular complexity index is 364. The number of hydrogen-bond donors (Lipinski definition) is 0. The molecule has 0 saturated carbocycles. The van der Waals surface area contributed by atoms with E-state index >= 15 is 0 Å². The first-order valence-corrected chi connectivity index (χ1v) is 5.98. The molecular weight excluding hydrogens is 218 g/mol. The van der Waals surface area contributed by atoms with Gasteiger partial charge in [0.2, 0.25) is 0 Å². The minimum atomic E-state index is -0.430. The molecule has 94 valence electrons. The van der Waals surface area contributed by atoms with E-state index in [1.54, 1.807) is 12.5 Å². The highest BCUT2D eigenvalue weighted by atomic mass is 16.5. The van der Waals surface area contributed by atoms with E-state index in [1.807, 2.05) is 19.9 Å². The quantitative estimate of drug-likeness (QED) is 0.796. The third-order valence-electron chi connectivity index (χ3n) is 3.43. The number of carbonyl (C=O) groups is 1. The summed E-state index contributed by atoms with van der Waals surface area (Å²) in [5.74, 6) is 0.223. The van der Waals surface area contributed by atoms with Gasteiger partial charge in [-0.25, -0.2) is 0 Å². The van der Waals surface area contributed by atoms with Gasteiger partial charge in [0.25, 0.3) is 0 Å². The zero-order valence-electron chi connectivity index (χ0n) is 10.4. The molecule has 1 aromatic rings. The molecule has 0 amide bonds. The van der Waals surface area contributed by atoms with E-state index < -0.39 is 5.54 Å². The molecule has 0 unspecified atom stereocenters. The van der Waals surface area contributed by atoms with Crippen LogP contribution in [0.4, 0.5) is 0 Å². The van der Waals surface area contributed by atoms with Crippen molar-refractivity contribution in [2.24, 2.45) is 0 Å². The summed E-state index contributed by atoms with van der Waals surface area (Å²) in [5.41, 5.74) is 0.512. The number of ether oxygens (including phenoxy) is 1. The van der Waals surface area contributed by atoms with Crippen molar-refractivity contribution in [3.8, 4) is 0 Å². The molecule has 0 atom stereocenters. The predicted molar refractivity (Wildman–Crippen MR) is 63.9 cm³/mol. The molecule has 0 N–H and O–H groups in total. The summed E-state index contributed by atoms with van der Waals surface area (Å²) in [6.07, 6.45) is 3.67. The number of hydrogen-bond acceptors (Lipinski definition) is 4. The molecule has 1 aliphatic rings. The van der Waals surface area contributed by atoms with Crippen molar-refractivity contribution in [1.29, 1.82) is 0 Å². The second-order valence-corrected chi connectivity index (χ2v) is 4.89. The summed E-state index contributed by atoms with van der Waals surface area (Å²) in [6, 6.07) is 1.84. The van der Waals surface area contributed by atoms with E-state index in [4.69, 9.17) is 9.15 Å². The molecule has 1 saturated heterocycles. The van der Waals surface area contributed by atoms with E-state index in [2.05, 4.69) is 4.90 Å². The minimum Gasteiger partial charge on any atom is -0.472 e. The van der Waals surface area contributed by atoms with Crippen LogP contribution in [0.2, 0.25) is 0 Å². The minimum absolute atomic E-state index is 0.223. The Hall–Kier alpha value is -1.13. The topological polar surface area (TPSA) is 42.7 Å². The first-order valence-electron chi connectivity index (χ1n) is 5.98. The molecule has 1 fully saturated rings. The maximum absolute atomic E-state index is 12.3. The normalized spacial score (nSPS) is 18.2. The summed E-state index contributed by atoms with van der Waals surface area (Å²) in [6.45, 7) is 7.04. The van der Waals surface area contributed by atoms with Crippen molar-refractivity contribution in [3.63, 3.8) is 0 Å². The molecule has 0 aliphatic carbocycles. The highest BCUT2D eigenvalue weighted by Gasteiger charge is 2.34. The first-order chi connectivity index (χ1) is 8.10. The Balaban J connectivity index is 2.00. The Morgan fingerprint density at radius 2 is 2.12 bits per heavy atom. The van der Waals surface area contributed by atoms with Gasteiger partial charge in [-0.1, -0.05) is 0 Å². The fourth-order valence-corrected chi connectivity index (χ4v) is 2.09. The van der Waals surface area contributed by atoms with Crippen LogP contribution >= 0.6 is 0 Å². The zero-order valence-corrected chi connectivity index (χ0v) is 10.4. The van der Waals surface area contributed by atoms with Crippen LogP contribution in [0.1, 0.15) is 19.4 Å². The van der Waals surface area contributed by atoms with Gasteiger partial charge in [0.1, 0.15) is 0 Å². The second kappa shape index (κ2) is 5.02. The van der Waals surface area contributed by atoms with Gasteiger partial charge >= 0.3 is 0 Å². The predicted octanol–water partition coefficient (Wildman–Crippen LogP) is 1.50. The first kappa shape index (κ1) is 12.3. The molecule has 4 heteroatoms. The lowest BCUT2D eigenvalue weighted by atomic mass is 9.92. The second-order valence-electron chi connectivity index (χ2n) is 4.89. The lowest BCUT2D eigenvalue weighted by Gasteiger charge is -2.39. The van der Waals surface area contributed by atoms with Crippen molar-refractivity contribution >= 4 is 5.78 Å². The van der Waals surface area contributed by atoms with E-state index in [-0.39, 0.29) is 5.78 Å². The fourth-order valence-electron chi connectivity index (χ4n) is 2.09. The van der Waals surface area contributed by atoms with Crippen LogP contribution in [-0.4, -0.2) is 42.5 Å². The molecule has 0 bridgehead atoms. The number of Topliss-reactive ketones (excluding diaryl/α,β-unsaturated/α-hetero) is 1. The Morgan fingerprint density at radius 3 is 2.71 bits per heavy atom. The summed E-state index contributed by atoms with van der Waals surface area (Å²) < 4.78 is 10.3. The maximum Gasteiger partial charge on any atom is 0.156 e. The van der Waals surface area contributed by atoms with E-state index in [9.17, 15) is 4.79 Å². The van der Waals surface area contributed by atoms with Crippen molar-refractivity contribution in [1.82, 2.24) is 4.90 Å². The molecular formula is C13H19NO3. The molecule has 1 aromatic heterocycles. The number of rotatable bonds is 4. The largest absolute Gasteiger partial charge is 0.472 e. The summed E-state index contributed by atoms with van der Waals surface area (Å²) in [5, 5.41) is 0. The monoisotopic (exact) mass is 237 g/mol. The maximum atomic E-state index is 12.3. The van der Waals surface area contributed by atoms with Crippen LogP contribution in [0.3, 0.4) is 0 Å². The smallest absolute Gasteiger partial charge is 0.156 e. The molecule has 1 aliphatic heterocycles. The SMILES string of the molecule is CC(C)(C(=O)Cc1ccoc1)N1CCOCC1. The molecule has 0 aromatic carbocycles. The average molecular weight is 237 g/mol. The zero-order chi connectivity index (χ0) is 12.3. The van der Waals surface area contributed by atoms with Gasteiger partial charge in [0.05, 0.1) is 31.3 Å². The van der Waals surface area contributed by atoms with Crippen LogP contribution in [0, 0.1) is 0 Å². The van der Waals surface area contributed by atoms with Gasteiger partial charge < -0.3 is 9.15 Å². The Kier molecular flexibility index (Phi) is 3.64. The molecule has 17 heavy (non-hydrogen) atoms. The molecule has 0 spiro atoms. The number of nitrogens with zero attached hydrogens (tertiary/aromatic N) is 1. The third-order valence-corrected chi connectivity index (χ3v) is 3.43. The van der Waals surface area contributed by atoms with Gasteiger partial charge in [0.15, 0.2) is 5.78 Å². The standard InChI is InChI=1S/C13H19NO3/c1-13(2,14-4-7-16-8-5-14)12(15)9-11-3-6-17-10-11/h3,6,10H,4-5,7-9H2,1-2H3. The fraction of sp³-hybridized carbons (Fsp3) is 0.615. The van der Waals surface area contributed by atoms with E-state index in [0.29, 0.717) is 19.6 Å². The number of carbonyl (C=O) groups excluding carboxylic acids is 1. The molecule has 4 nitrogen and oxygen atoms in total. The van der Waals surface area contributed by atoms with Gasteiger partial charge in [0, 0.05) is 19.5 Å². The highest BCUT2D eigenvalue weighted by molar-refractivity contribution is 5.89. The van der Waals surface area contributed by atoms with Crippen molar-refractivity contribution in [3.05, 3.63) is 24.2 Å². The van der Waals surface area contributed by atoms with Crippen molar-refractivity contribution in [2.45, 2.75) is 25.8 Å². The molecule has 0 radical (unpaired) electrons. The Labute approximate surface area is 102 Å². The van der Waals surface area contributed by atoms with Crippen LogP contribution < -0.4 is 0 Å². The van der Waals surface area contributed by atoms with E-state index in [1.165, 1.54) is 0 Å². The summed E-state index contributed by atoms with van der Waals surface area (Å²) >= 11 is 0. The van der Waals surface area contributed by atoms with Crippen molar-refractivity contribution < 1.29 is 13.9 Å². The van der Waals surface area contributed by atoms with Gasteiger partial charge in [-0.3, -0.25) is 9.69 Å².